The summed E-state index contributed by atoms with van der Waals surface area (Å²) in [4.78, 5) is 28.9. The largest absolute Gasteiger partial charge is 0.365 e. The Kier molecular flexibility index (Phi) is 5.58. The van der Waals surface area contributed by atoms with Crippen LogP contribution in [0.25, 0.3) is 11.3 Å². The van der Waals surface area contributed by atoms with Gasteiger partial charge in [0.2, 0.25) is 5.91 Å². The fourth-order valence-electron chi connectivity index (χ4n) is 2.50. The molecule has 138 valence electrons. The van der Waals surface area contributed by atoms with Crippen LogP contribution >= 0.6 is 23.2 Å². The number of aryl methyl sites for hydroxylation is 1. The summed E-state index contributed by atoms with van der Waals surface area (Å²) in [5.41, 5.74) is 1.82. The van der Waals surface area contributed by atoms with Crippen LogP contribution in [0.15, 0.2) is 53.5 Å². The number of aromatic nitrogens is 3. The number of carbonyl (C=O) groups is 1. The van der Waals surface area contributed by atoms with Gasteiger partial charge in [-0.25, -0.2) is 9.48 Å². The van der Waals surface area contributed by atoms with Gasteiger partial charge in [0, 0.05) is 10.6 Å². The van der Waals surface area contributed by atoms with E-state index in [-0.39, 0.29) is 0 Å². The number of hydrogen-bond acceptors (Lipinski definition) is 4. The highest BCUT2D eigenvalue weighted by Gasteiger charge is 2.20. The van der Waals surface area contributed by atoms with Gasteiger partial charge in [0.15, 0.2) is 0 Å². The molecule has 6 nitrogen and oxygen atoms in total. The van der Waals surface area contributed by atoms with Gasteiger partial charge in [-0.2, -0.15) is 10.1 Å². The van der Waals surface area contributed by atoms with E-state index in [9.17, 15) is 9.59 Å². The zero-order valence-corrected chi connectivity index (χ0v) is 16.1. The van der Waals surface area contributed by atoms with Crippen LogP contribution in [0.2, 0.25) is 10.0 Å². The Hall–Kier alpha value is -2.70. The van der Waals surface area contributed by atoms with Crippen LogP contribution in [0.5, 0.6) is 0 Å². The topological polar surface area (TPSA) is 76.9 Å². The lowest BCUT2D eigenvalue weighted by Gasteiger charge is -2.15. The number of amides is 1. The van der Waals surface area contributed by atoms with Gasteiger partial charge in [-0.05, 0) is 37.6 Å². The fraction of sp³-hybridized carbons (Fsp3) is 0.158. The molecule has 0 unspecified atom stereocenters. The summed E-state index contributed by atoms with van der Waals surface area (Å²) < 4.78 is 1.03. The maximum absolute atomic E-state index is 12.6. The molecule has 3 aromatic rings. The molecule has 0 bridgehead atoms. The maximum Gasteiger partial charge on any atom is 0.365 e. The molecule has 27 heavy (non-hydrogen) atoms. The Morgan fingerprint density at radius 3 is 2.48 bits per heavy atom. The number of carbonyl (C=O) groups excluding carboxylic acids is 1. The van der Waals surface area contributed by atoms with Crippen molar-refractivity contribution in [1.29, 1.82) is 0 Å². The third-order valence-electron chi connectivity index (χ3n) is 4.07. The first-order valence-corrected chi connectivity index (χ1v) is 8.90. The van der Waals surface area contributed by atoms with Gasteiger partial charge >= 0.3 is 5.69 Å². The first-order chi connectivity index (χ1) is 12.9. The summed E-state index contributed by atoms with van der Waals surface area (Å²) in [6.07, 6.45) is 1.44. The Morgan fingerprint density at radius 2 is 1.85 bits per heavy atom. The molecule has 0 radical (unpaired) electrons. The third kappa shape index (κ3) is 4.18. The lowest BCUT2D eigenvalue weighted by atomic mass is 10.2. The Morgan fingerprint density at radius 1 is 1.15 bits per heavy atom. The van der Waals surface area contributed by atoms with Gasteiger partial charge in [0.25, 0.3) is 0 Å². The van der Waals surface area contributed by atoms with E-state index in [0.717, 1.165) is 10.2 Å². The van der Waals surface area contributed by atoms with Gasteiger partial charge in [-0.3, -0.25) is 4.79 Å². The fourth-order valence-corrected chi connectivity index (χ4v) is 2.90. The molecule has 0 spiro atoms. The summed E-state index contributed by atoms with van der Waals surface area (Å²) >= 11 is 12.0. The van der Waals surface area contributed by atoms with E-state index < -0.39 is 17.6 Å². The summed E-state index contributed by atoms with van der Waals surface area (Å²) in [7, 11) is 0. The van der Waals surface area contributed by atoms with E-state index in [1.807, 2.05) is 13.0 Å². The number of para-hydroxylation sites is 1. The monoisotopic (exact) mass is 402 g/mol. The van der Waals surface area contributed by atoms with Crippen molar-refractivity contribution in [1.82, 2.24) is 14.8 Å². The van der Waals surface area contributed by atoms with E-state index >= 15 is 0 Å². The average Bonchev–Trinajstić information content (AvgIpc) is 2.64. The molecule has 0 saturated carbocycles. The molecule has 0 fully saturated rings. The van der Waals surface area contributed by atoms with Crippen LogP contribution < -0.4 is 11.0 Å². The number of anilines is 1. The van der Waals surface area contributed by atoms with Crippen LogP contribution in [0.1, 0.15) is 18.5 Å². The van der Waals surface area contributed by atoms with E-state index in [2.05, 4.69) is 15.4 Å². The molecule has 0 saturated heterocycles. The molecule has 1 N–H and O–H groups in total. The lowest BCUT2D eigenvalue weighted by Crippen LogP contribution is -2.35. The second-order valence-electron chi connectivity index (χ2n) is 5.97. The van der Waals surface area contributed by atoms with Crippen molar-refractivity contribution in [3.63, 3.8) is 0 Å². The lowest BCUT2D eigenvalue weighted by molar-refractivity contribution is -0.119. The summed E-state index contributed by atoms with van der Waals surface area (Å²) in [6, 6.07) is 11.3. The van der Waals surface area contributed by atoms with Crippen molar-refractivity contribution in [3.05, 3.63) is 74.8 Å². The van der Waals surface area contributed by atoms with E-state index in [4.69, 9.17) is 23.2 Å². The predicted octanol–water partition coefficient (Wildman–Crippen LogP) is 4.12. The quantitative estimate of drug-likeness (QED) is 0.711. The average molecular weight is 403 g/mol. The normalized spacial score (nSPS) is 11.9. The second-order valence-corrected chi connectivity index (χ2v) is 6.82. The summed E-state index contributed by atoms with van der Waals surface area (Å²) in [6.45, 7) is 3.40. The highest BCUT2D eigenvalue weighted by molar-refractivity contribution is 6.34. The molecule has 1 amide bonds. The molecule has 0 aliphatic heterocycles. The molecule has 1 atom stereocenters. The first-order valence-electron chi connectivity index (χ1n) is 8.14. The number of nitrogens with zero attached hydrogens (tertiary/aromatic N) is 3. The number of nitrogens with one attached hydrogen (secondary N) is 1. The van der Waals surface area contributed by atoms with Crippen LogP contribution in [0.4, 0.5) is 5.69 Å². The molecule has 8 heteroatoms. The standard InChI is InChI=1S/C19H16Cl2N4O2/c1-11-4-3-5-15(21)17(11)24-18(26)12(2)25-19(27)23-16(10-22-25)13-6-8-14(20)9-7-13/h3-10,12H,1-2H3,(H,24,26)/t12-/m1/s1. The molecule has 3 rings (SSSR count). The Bertz CT molecular complexity index is 1030. The smallest absolute Gasteiger partial charge is 0.323 e. The van der Waals surface area contributed by atoms with Crippen molar-refractivity contribution in [2.24, 2.45) is 0 Å². The maximum atomic E-state index is 12.6. The second kappa shape index (κ2) is 7.90. The van der Waals surface area contributed by atoms with Crippen molar-refractivity contribution >= 4 is 34.8 Å². The minimum atomic E-state index is -0.861. The Balaban J connectivity index is 1.84. The number of rotatable bonds is 4. The minimum absolute atomic E-state index is 0.405. The highest BCUT2D eigenvalue weighted by Crippen LogP contribution is 2.26. The van der Waals surface area contributed by atoms with E-state index in [1.165, 1.54) is 6.20 Å². The minimum Gasteiger partial charge on any atom is -0.323 e. The molecular formula is C19H16Cl2N4O2. The van der Waals surface area contributed by atoms with E-state index in [0.29, 0.717) is 27.0 Å². The third-order valence-corrected chi connectivity index (χ3v) is 4.64. The van der Waals surface area contributed by atoms with Crippen LogP contribution in [-0.4, -0.2) is 20.7 Å². The van der Waals surface area contributed by atoms with Crippen LogP contribution in [0, 0.1) is 6.92 Å². The predicted molar refractivity (Wildman–Crippen MR) is 106 cm³/mol. The number of benzene rings is 2. The zero-order valence-electron chi connectivity index (χ0n) is 14.6. The first kappa shape index (κ1) is 19.1. The van der Waals surface area contributed by atoms with Crippen LogP contribution in [-0.2, 0) is 4.79 Å². The number of halogens is 2. The summed E-state index contributed by atoms with van der Waals surface area (Å²) in [5.74, 6) is -0.415. The van der Waals surface area contributed by atoms with Crippen molar-refractivity contribution < 1.29 is 4.79 Å². The van der Waals surface area contributed by atoms with Gasteiger partial charge in [0.1, 0.15) is 6.04 Å². The van der Waals surface area contributed by atoms with Crippen molar-refractivity contribution in [2.75, 3.05) is 5.32 Å². The highest BCUT2D eigenvalue weighted by atomic mass is 35.5. The van der Waals surface area contributed by atoms with E-state index in [1.54, 1.807) is 43.3 Å². The molecule has 0 aliphatic rings. The van der Waals surface area contributed by atoms with Gasteiger partial charge in [-0.15, -0.1) is 0 Å². The Labute approximate surface area is 165 Å². The van der Waals surface area contributed by atoms with Gasteiger partial charge in [-0.1, -0.05) is 47.5 Å². The zero-order chi connectivity index (χ0) is 19.6. The molecule has 1 heterocycles. The number of hydrogen-bond donors (Lipinski definition) is 1. The van der Waals surface area contributed by atoms with Crippen molar-refractivity contribution in [2.45, 2.75) is 19.9 Å². The summed E-state index contributed by atoms with van der Waals surface area (Å²) in [5, 5.41) is 7.85. The van der Waals surface area contributed by atoms with Crippen LogP contribution in [0.3, 0.4) is 0 Å². The SMILES string of the molecule is Cc1cccc(Cl)c1NC(=O)[C@@H](C)n1ncc(-c2ccc(Cl)cc2)nc1=O. The van der Waals surface area contributed by atoms with Crippen molar-refractivity contribution in [3.8, 4) is 11.3 Å². The van der Waals surface area contributed by atoms with Gasteiger partial charge in [0.05, 0.1) is 22.6 Å². The van der Waals surface area contributed by atoms with Gasteiger partial charge < -0.3 is 5.32 Å². The molecule has 2 aromatic carbocycles. The molecule has 1 aromatic heterocycles. The molecule has 0 aliphatic carbocycles. The molecular weight excluding hydrogens is 387 g/mol.